The fourth-order valence-corrected chi connectivity index (χ4v) is 1.33. The van der Waals surface area contributed by atoms with Crippen molar-refractivity contribution >= 4 is 17.6 Å². The standard InChI is InChI=1S/C10H18F3NO2S/c1-7(16-8(2)10(11,12)13)6-14-17(15)9(3,4)5/h6-8H,1-5H3/t7-,8-,17?/m1/s1. The SMILES string of the molecule is C[C@H](C=N[S+]([O-])C(C)(C)C)O[C@H](C)C(F)(F)F. The van der Waals surface area contributed by atoms with Crippen molar-refractivity contribution in [1.82, 2.24) is 0 Å². The molecule has 0 rings (SSSR count). The van der Waals surface area contributed by atoms with E-state index in [-0.39, 0.29) is 0 Å². The van der Waals surface area contributed by atoms with Gasteiger partial charge in [0, 0.05) is 0 Å². The molecule has 0 saturated carbocycles. The third kappa shape index (κ3) is 6.90. The summed E-state index contributed by atoms with van der Waals surface area (Å²) in [5.41, 5.74) is 0. The lowest BCUT2D eigenvalue weighted by atomic mass is 10.3. The van der Waals surface area contributed by atoms with Crippen LogP contribution in [0.3, 0.4) is 0 Å². The van der Waals surface area contributed by atoms with Gasteiger partial charge in [-0.25, -0.2) is 0 Å². The molecule has 0 N–H and O–H groups in total. The van der Waals surface area contributed by atoms with E-state index in [0.29, 0.717) is 0 Å². The van der Waals surface area contributed by atoms with Gasteiger partial charge in [-0.1, -0.05) is 4.40 Å². The normalized spacial score (nSPS) is 19.4. The monoisotopic (exact) mass is 273 g/mol. The Balaban J connectivity index is 4.28. The second-order valence-corrected chi connectivity index (χ2v) is 6.57. The van der Waals surface area contributed by atoms with E-state index in [4.69, 9.17) is 0 Å². The van der Waals surface area contributed by atoms with Gasteiger partial charge in [0.15, 0.2) is 6.10 Å². The summed E-state index contributed by atoms with van der Waals surface area (Å²) >= 11 is -1.49. The Bertz CT molecular complexity index is 263. The van der Waals surface area contributed by atoms with Gasteiger partial charge in [-0.05, 0) is 34.6 Å². The van der Waals surface area contributed by atoms with Crippen molar-refractivity contribution in [3.05, 3.63) is 0 Å². The second-order valence-electron chi connectivity index (χ2n) is 4.64. The van der Waals surface area contributed by atoms with Gasteiger partial charge in [0.1, 0.15) is 16.1 Å². The number of rotatable bonds is 4. The zero-order chi connectivity index (χ0) is 13.9. The van der Waals surface area contributed by atoms with Crippen LogP contribution < -0.4 is 0 Å². The fourth-order valence-electron chi connectivity index (χ4n) is 0.733. The van der Waals surface area contributed by atoms with Gasteiger partial charge in [-0.2, -0.15) is 13.2 Å². The van der Waals surface area contributed by atoms with Crippen molar-refractivity contribution < 1.29 is 22.5 Å². The molecular formula is C10H18F3NO2S. The molecule has 3 nitrogen and oxygen atoms in total. The van der Waals surface area contributed by atoms with Crippen molar-refractivity contribution in [2.45, 2.75) is 57.7 Å². The number of nitrogens with zero attached hydrogens (tertiary/aromatic N) is 1. The van der Waals surface area contributed by atoms with Crippen molar-refractivity contribution in [2.24, 2.45) is 4.40 Å². The Kier molecular flexibility index (Phi) is 5.96. The molecule has 0 bridgehead atoms. The molecule has 0 aliphatic heterocycles. The molecule has 7 heteroatoms. The van der Waals surface area contributed by atoms with E-state index in [0.717, 1.165) is 13.1 Å². The summed E-state index contributed by atoms with van der Waals surface area (Å²) in [6.07, 6.45) is -5.96. The fraction of sp³-hybridized carbons (Fsp3) is 0.900. The Morgan fingerprint density at radius 2 is 1.71 bits per heavy atom. The summed E-state index contributed by atoms with van der Waals surface area (Å²) in [6, 6.07) is 0. The predicted molar refractivity (Wildman–Crippen MR) is 62.5 cm³/mol. The highest BCUT2D eigenvalue weighted by Gasteiger charge is 2.37. The van der Waals surface area contributed by atoms with E-state index in [2.05, 4.69) is 9.13 Å². The van der Waals surface area contributed by atoms with Crippen LogP contribution in [-0.2, 0) is 16.1 Å². The molecule has 0 fully saturated rings. The lowest BCUT2D eigenvalue weighted by molar-refractivity contribution is -0.218. The highest BCUT2D eigenvalue weighted by Crippen LogP contribution is 2.23. The molecule has 0 aromatic rings. The van der Waals surface area contributed by atoms with Gasteiger partial charge in [0.25, 0.3) is 0 Å². The van der Waals surface area contributed by atoms with Gasteiger partial charge in [0.2, 0.25) is 0 Å². The van der Waals surface area contributed by atoms with Crippen molar-refractivity contribution in [3.63, 3.8) is 0 Å². The average molecular weight is 273 g/mol. The molecule has 0 aliphatic carbocycles. The summed E-state index contributed by atoms with van der Waals surface area (Å²) in [7, 11) is 0. The largest absolute Gasteiger partial charge is 0.591 e. The first-order valence-electron chi connectivity index (χ1n) is 5.13. The van der Waals surface area contributed by atoms with Crippen molar-refractivity contribution in [2.75, 3.05) is 0 Å². The van der Waals surface area contributed by atoms with E-state index in [9.17, 15) is 17.7 Å². The van der Waals surface area contributed by atoms with E-state index in [1.807, 2.05) is 0 Å². The Morgan fingerprint density at radius 1 is 1.24 bits per heavy atom. The third-order valence-corrected chi connectivity index (χ3v) is 3.13. The Morgan fingerprint density at radius 3 is 2.06 bits per heavy atom. The number of halogens is 3. The van der Waals surface area contributed by atoms with E-state index >= 15 is 0 Å². The molecule has 0 saturated heterocycles. The molecule has 0 amide bonds. The first-order valence-corrected chi connectivity index (χ1v) is 6.23. The lowest BCUT2D eigenvalue weighted by Gasteiger charge is -2.20. The molecule has 1 unspecified atom stereocenters. The van der Waals surface area contributed by atoms with Crippen LogP contribution in [0.25, 0.3) is 0 Å². The molecule has 102 valence electrons. The van der Waals surface area contributed by atoms with Gasteiger partial charge in [-0.15, -0.1) is 0 Å². The van der Waals surface area contributed by atoms with Crippen LogP contribution in [0.1, 0.15) is 34.6 Å². The average Bonchev–Trinajstić information content (AvgIpc) is 2.10. The van der Waals surface area contributed by atoms with Crippen LogP contribution in [0.15, 0.2) is 4.40 Å². The molecular weight excluding hydrogens is 255 g/mol. The van der Waals surface area contributed by atoms with E-state index in [1.54, 1.807) is 20.8 Å². The second kappa shape index (κ2) is 6.06. The summed E-state index contributed by atoms with van der Waals surface area (Å²) in [4.78, 5) is 0. The number of hydrogen-bond donors (Lipinski definition) is 0. The first-order chi connectivity index (χ1) is 7.44. The van der Waals surface area contributed by atoms with E-state index in [1.165, 1.54) is 6.92 Å². The molecule has 0 radical (unpaired) electrons. The van der Waals surface area contributed by atoms with E-state index < -0.39 is 34.5 Å². The van der Waals surface area contributed by atoms with Crippen molar-refractivity contribution in [3.8, 4) is 0 Å². The quantitative estimate of drug-likeness (QED) is 0.584. The maximum Gasteiger partial charge on any atom is 0.414 e. The highest BCUT2D eigenvalue weighted by molar-refractivity contribution is 7.91. The van der Waals surface area contributed by atoms with Crippen LogP contribution in [0.5, 0.6) is 0 Å². The van der Waals surface area contributed by atoms with Crippen molar-refractivity contribution in [1.29, 1.82) is 0 Å². The number of ether oxygens (including phenoxy) is 1. The smallest absolute Gasteiger partial charge is 0.414 e. The summed E-state index contributed by atoms with van der Waals surface area (Å²) in [5, 5.41) is 0. The van der Waals surface area contributed by atoms with Crippen LogP contribution in [0, 0.1) is 0 Å². The molecule has 0 aromatic heterocycles. The summed E-state index contributed by atoms with van der Waals surface area (Å²) < 4.78 is 55.8. The van der Waals surface area contributed by atoms with Gasteiger partial charge in [-0.3, -0.25) is 0 Å². The summed E-state index contributed by atoms with van der Waals surface area (Å²) in [5.74, 6) is 0. The van der Waals surface area contributed by atoms with Gasteiger partial charge >= 0.3 is 6.18 Å². The molecule has 0 aromatic carbocycles. The third-order valence-electron chi connectivity index (χ3n) is 1.77. The van der Waals surface area contributed by atoms with Crippen LogP contribution in [0.2, 0.25) is 0 Å². The molecule has 3 atom stereocenters. The number of alkyl halides is 3. The first kappa shape index (κ1) is 16.7. The minimum Gasteiger partial charge on any atom is -0.591 e. The van der Waals surface area contributed by atoms with Gasteiger partial charge in [0.05, 0.1) is 12.3 Å². The van der Waals surface area contributed by atoms with Gasteiger partial charge < -0.3 is 9.29 Å². The predicted octanol–water partition coefficient (Wildman–Crippen LogP) is 2.88. The zero-order valence-electron chi connectivity index (χ0n) is 10.5. The maximum absolute atomic E-state index is 12.2. The maximum atomic E-state index is 12.2. The lowest BCUT2D eigenvalue weighted by Crippen LogP contribution is -2.33. The topological polar surface area (TPSA) is 44.7 Å². The van der Waals surface area contributed by atoms with Crippen LogP contribution >= 0.6 is 0 Å². The molecule has 0 aliphatic rings. The van der Waals surface area contributed by atoms with Crippen LogP contribution in [-0.4, -0.2) is 33.9 Å². The highest BCUT2D eigenvalue weighted by atomic mass is 32.2. The molecule has 0 spiro atoms. The number of hydrogen-bond acceptors (Lipinski definition) is 3. The molecule has 0 heterocycles. The summed E-state index contributed by atoms with van der Waals surface area (Å²) in [6.45, 7) is 7.52. The zero-order valence-corrected chi connectivity index (χ0v) is 11.4. The molecule has 17 heavy (non-hydrogen) atoms. The Hall–Kier alpha value is -0.270. The minimum atomic E-state index is -4.40. The Labute approximate surface area is 103 Å². The van der Waals surface area contributed by atoms with Crippen LogP contribution in [0.4, 0.5) is 13.2 Å². The minimum absolute atomic E-state index is 0.536.